The molecule has 0 saturated heterocycles. The van der Waals surface area contributed by atoms with E-state index in [-0.39, 0.29) is 11.7 Å². The molecule has 0 spiro atoms. The van der Waals surface area contributed by atoms with E-state index in [1.54, 1.807) is 13.8 Å². The van der Waals surface area contributed by atoms with E-state index in [1.165, 1.54) is 51.4 Å². The Bertz CT molecular complexity index is 256. The Morgan fingerprint density at radius 3 is 1.63 bits per heavy atom. The summed E-state index contributed by atoms with van der Waals surface area (Å²) in [5, 5.41) is 0. The quantitative estimate of drug-likeness (QED) is 0.476. The highest BCUT2D eigenvalue weighted by atomic mass is 32.2. The van der Waals surface area contributed by atoms with Crippen LogP contribution in [0.5, 0.6) is 0 Å². The van der Waals surface area contributed by atoms with Crippen molar-refractivity contribution in [3.63, 3.8) is 0 Å². The molecule has 0 bridgehead atoms. The van der Waals surface area contributed by atoms with Gasteiger partial charge in [0.25, 0.3) is 10.1 Å². The summed E-state index contributed by atoms with van der Waals surface area (Å²) in [6.45, 7) is 6.59. The van der Waals surface area contributed by atoms with Crippen LogP contribution in [0.4, 0.5) is 0 Å². The van der Waals surface area contributed by atoms with Gasteiger partial charge in [-0.15, -0.1) is 0 Å². The summed E-state index contributed by atoms with van der Waals surface area (Å²) in [6, 6.07) is 0. The van der Waals surface area contributed by atoms with Gasteiger partial charge in [0.1, 0.15) is 0 Å². The summed E-state index contributed by atoms with van der Waals surface area (Å²) in [7, 11) is -3.72. The van der Waals surface area contributed by atoms with E-state index in [0.717, 1.165) is 6.54 Å². The molecule has 0 unspecified atom stereocenters. The molecule has 0 aromatic heterocycles. The predicted molar refractivity (Wildman–Crippen MR) is 82.9 cm³/mol. The molecule has 0 fully saturated rings. The van der Waals surface area contributed by atoms with Gasteiger partial charge in [-0.3, -0.25) is 4.55 Å². The average molecular weight is 295 g/mol. The smallest absolute Gasteiger partial charge is 0.265 e. The van der Waals surface area contributed by atoms with Crippen molar-refractivity contribution < 1.29 is 13.0 Å². The molecule has 0 amide bonds. The highest BCUT2D eigenvalue weighted by molar-refractivity contribution is 7.85. The maximum Gasteiger partial charge on any atom is 0.265 e. The fraction of sp³-hybridized carbons (Fsp3) is 1.00. The van der Waals surface area contributed by atoms with Gasteiger partial charge in [0.15, 0.2) is 0 Å². The molecule has 0 radical (unpaired) electrons. The van der Waals surface area contributed by atoms with Crippen LogP contribution in [0.15, 0.2) is 0 Å². The molecular weight excluding hydrogens is 262 g/mol. The summed E-state index contributed by atoms with van der Waals surface area (Å²) in [5.41, 5.74) is 5.39. The van der Waals surface area contributed by atoms with Crippen LogP contribution in [-0.4, -0.2) is 25.3 Å². The largest absolute Gasteiger partial charge is 0.330 e. The Morgan fingerprint density at radius 1 is 0.947 bits per heavy atom. The van der Waals surface area contributed by atoms with Crippen molar-refractivity contribution in [3.05, 3.63) is 0 Å². The third kappa shape index (κ3) is 27.2. The van der Waals surface area contributed by atoms with Crippen molar-refractivity contribution in [1.82, 2.24) is 0 Å². The van der Waals surface area contributed by atoms with Gasteiger partial charge in [-0.25, -0.2) is 0 Å². The molecule has 0 saturated carbocycles. The standard InChI is InChI=1S/C10H23N.C4H10O3S/c1-2-3-4-5-6-7-8-9-10-11;1-4(2)3-8(5,6)7/h2-11H2,1H3;4H,3H2,1-2H3,(H,5,6,7). The van der Waals surface area contributed by atoms with Crippen molar-refractivity contribution in [2.45, 2.75) is 72.1 Å². The Kier molecular flexibility index (Phi) is 15.9. The number of nitrogens with two attached hydrogens (primary N) is 1. The summed E-state index contributed by atoms with van der Waals surface area (Å²) < 4.78 is 28.2. The molecule has 0 atom stereocenters. The summed E-state index contributed by atoms with van der Waals surface area (Å²) in [6.07, 6.45) is 11.0. The molecule has 5 heteroatoms. The molecule has 0 rings (SSSR count). The second kappa shape index (κ2) is 14.3. The van der Waals surface area contributed by atoms with Crippen LogP contribution in [0, 0.1) is 5.92 Å². The molecule has 19 heavy (non-hydrogen) atoms. The molecule has 0 aliphatic heterocycles. The summed E-state index contributed by atoms with van der Waals surface area (Å²) in [4.78, 5) is 0. The van der Waals surface area contributed by atoms with E-state index >= 15 is 0 Å². The van der Waals surface area contributed by atoms with Crippen molar-refractivity contribution >= 4 is 10.1 Å². The summed E-state index contributed by atoms with van der Waals surface area (Å²) in [5.74, 6) is -0.141. The van der Waals surface area contributed by atoms with E-state index in [2.05, 4.69) is 6.92 Å². The highest BCUT2D eigenvalue weighted by Crippen LogP contribution is 2.07. The lowest BCUT2D eigenvalue weighted by Crippen LogP contribution is -2.09. The molecule has 0 aliphatic carbocycles. The van der Waals surface area contributed by atoms with E-state index in [0.29, 0.717) is 0 Å². The maximum atomic E-state index is 10.00. The first-order valence-corrected chi connectivity index (χ1v) is 9.09. The molecule has 118 valence electrons. The van der Waals surface area contributed by atoms with Crippen molar-refractivity contribution in [2.75, 3.05) is 12.3 Å². The van der Waals surface area contributed by atoms with Crippen LogP contribution < -0.4 is 5.73 Å². The lowest BCUT2D eigenvalue weighted by Gasteiger charge is -1.99. The highest BCUT2D eigenvalue weighted by Gasteiger charge is 2.06. The van der Waals surface area contributed by atoms with Crippen molar-refractivity contribution in [1.29, 1.82) is 0 Å². The van der Waals surface area contributed by atoms with Gasteiger partial charge in [0.2, 0.25) is 0 Å². The van der Waals surface area contributed by atoms with E-state index in [9.17, 15) is 8.42 Å². The van der Waals surface area contributed by atoms with Gasteiger partial charge in [-0.05, 0) is 18.9 Å². The third-order valence-electron chi connectivity index (χ3n) is 2.60. The molecule has 0 heterocycles. The molecular formula is C14H33NO3S. The topological polar surface area (TPSA) is 80.4 Å². The zero-order valence-electron chi connectivity index (χ0n) is 12.9. The van der Waals surface area contributed by atoms with Gasteiger partial charge in [0.05, 0.1) is 5.75 Å². The van der Waals surface area contributed by atoms with Crippen LogP contribution in [-0.2, 0) is 10.1 Å². The van der Waals surface area contributed by atoms with Gasteiger partial charge >= 0.3 is 0 Å². The minimum Gasteiger partial charge on any atom is -0.330 e. The van der Waals surface area contributed by atoms with Crippen molar-refractivity contribution in [2.24, 2.45) is 11.7 Å². The van der Waals surface area contributed by atoms with E-state index in [1.807, 2.05) is 0 Å². The Labute approximate surface area is 119 Å². The van der Waals surface area contributed by atoms with E-state index < -0.39 is 10.1 Å². The Balaban J connectivity index is 0. The average Bonchev–Trinajstić information content (AvgIpc) is 2.25. The molecule has 0 aliphatic rings. The normalized spacial score (nSPS) is 11.3. The van der Waals surface area contributed by atoms with E-state index in [4.69, 9.17) is 10.3 Å². The Hall–Kier alpha value is -0.130. The third-order valence-corrected chi connectivity index (χ3v) is 3.69. The number of hydrogen-bond acceptors (Lipinski definition) is 3. The van der Waals surface area contributed by atoms with Gasteiger partial charge in [-0.2, -0.15) is 8.42 Å². The molecule has 0 aromatic carbocycles. The van der Waals surface area contributed by atoms with Gasteiger partial charge < -0.3 is 5.73 Å². The first-order chi connectivity index (χ1) is 8.83. The van der Waals surface area contributed by atoms with Crippen LogP contribution in [0.1, 0.15) is 72.1 Å². The minimum absolute atomic E-state index is 0.00463. The SMILES string of the molecule is CC(C)CS(=O)(=O)O.CCCCCCCCCCN. The first-order valence-electron chi connectivity index (χ1n) is 7.48. The zero-order valence-corrected chi connectivity index (χ0v) is 13.7. The second-order valence-electron chi connectivity index (χ2n) is 5.41. The monoisotopic (exact) mass is 295 g/mol. The van der Waals surface area contributed by atoms with Crippen LogP contribution in [0.25, 0.3) is 0 Å². The minimum atomic E-state index is -3.72. The summed E-state index contributed by atoms with van der Waals surface area (Å²) >= 11 is 0. The lowest BCUT2D eigenvalue weighted by molar-refractivity contribution is 0.473. The fourth-order valence-corrected chi connectivity index (χ4v) is 2.54. The number of hydrogen-bond donors (Lipinski definition) is 2. The zero-order chi connectivity index (χ0) is 15.1. The van der Waals surface area contributed by atoms with Gasteiger partial charge in [0, 0.05) is 0 Å². The maximum absolute atomic E-state index is 10.00. The Morgan fingerprint density at radius 2 is 1.37 bits per heavy atom. The predicted octanol–water partition coefficient (Wildman–Crippen LogP) is 3.62. The van der Waals surface area contributed by atoms with Gasteiger partial charge in [-0.1, -0.05) is 65.7 Å². The van der Waals surface area contributed by atoms with Crippen LogP contribution >= 0.6 is 0 Å². The lowest BCUT2D eigenvalue weighted by atomic mass is 10.1. The second-order valence-corrected chi connectivity index (χ2v) is 6.90. The van der Waals surface area contributed by atoms with Crippen LogP contribution in [0.2, 0.25) is 0 Å². The van der Waals surface area contributed by atoms with Crippen LogP contribution in [0.3, 0.4) is 0 Å². The molecule has 4 nitrogen and oxygen atoms in total. The number of rotatable bonds is 10. The molecule has 0 aromatic rings. The molecule has 3 N–H and O–H groups in total. The fourth-order valence-electron chi connectivity index (χ4n) is 1.70. The number of unbranched alkanes of at least 4 members (excludes halogenated alkanes) is 7. The first kappa shape index (κ1) is 21.2. The van der Waals surface area contributed by atoms with Crippen molar-refractivity contribution in [3.8, 4) is 0 Å².